The van der Waals surface area contributed by atoms with Crippen molar-refractivity contribution in [2.75, 3.05) is 13.2 Å². The van der Waals surface area contributed by atoms with Gasteiger partial charge in [-0.25, -0.2) is 8.61 Å². The topological polar surface area (TPSA) is 15.7 Å². The normalized spacial score (nSPS) is 25.3. The Kier molecular flexibility index (Phi) is 8.35. The van der Waals surface area contributed by atoms with Crippen LogP contribution >= 0.6 is 60.6 Å². The maximum Gasteiger partial charge on any atom is 0.1000 e. The molecule has 0 amide bonds. The summed E-state index contributed by atoms with van der Waals surface area (Å²) >= 11 is 4.91. The molecule has 0 radical (unpaired) electrons. The van der Waals surface area contributed by atoms with Crippen molar-refractivity contribution in [3.05, 3.63) is 82.6 Å². The van der Waals surface area contributed by atoms with Crippen LogP contribution in [0.3, 0.4) is 0 Å². The molecule has 0 spiro atoms. The van der Waals surface area contributed by atoms with E-state index in [1.54, 1.807) is 0 Å². The minimum atomic E-state index is 0.333. The Balaban J connectivity index is 1.76. The van der Waals surface area contributed by atoms with Gasteiger partial charge in [-0.3, -0.25) is 0 Å². The lowest BCUT2D eigenvalue weighted by atomic mass is 9.83. The summed E-state index contributed by atoms with van der Waals surface area (Å²) in [4.78, 5) is 0. The van der Waals surface area contributed by atoms with Crippen molar-refractivity contribution in [1.82, 2.24) is 8.61 Å². The number of halogens is 2. The standard InChI is InChI=1S/C23H26I2N2OS2/c1-3-28-23-14-20(17-10-5-4-6-11-17)27(30-25)22-13-21(26(29-24)15-19(22)23)18-12-8-7-9-16(18)2/h4-12,20-22H,3,13-15H2,1-2H3/t20-,21-,22?/m0/s1. The van der Waals surface area contributed by atoms with E-state index >= 15 is 0 Å². The minimum Gasteiger partial charge on any atom is -0.498 e. The second-order valence-corrected chi connectivity index (χ2v) is 11.2. The zero-order valence-electron chi connectivity index (χ0n) is 17.1. The van der Waals surface area contributed by atoms with Gasteiger partial charge >= 0.3 is 0 Å². The maximum atomic E-state index is 6.26. The van der Waals surface area contributed by atoms with Crippen LogP contribution in [0, 0.1) is 6.92 Å². The number of hydrogen-bond donors (Lipinski definition) is 0. The highest BCUT2D eigenvalue weighted by molar-refractivity contribution is 14.2. The third-order valence-corrected chi connectivity index (χ3v) is 10.2. The molecule has 1 fully saturated rings. The van der Waals surface area contributed by atoms with Crippen LogP contribution in [0.1, 0.15) is 48.5 Å². The van der Waals surface area contributed by atoms with E-state index in [0.29, 0.717) is 18.1 Å². The molecule has 3 atom stereocenters. The van der Waals surface area contributed by atoms with E-state index in [4.69, 9.17) is 4.74 Å². The summed E-state index contributed by atoms with van der Waals surface area (Å²) in [5.41, 5.74) is 5.65. The number of fused-ring (bicyclic) bond motifs is 1. The molecule has 160 valence electrons. The second kappa shape index (κ2) is 10.8. The first-order valence-electron chi connectivity index (χ1n) is 10.3. The minimum absolute atomic E-state index is 0.333. The van der Waals surface area contributed by atoms with Gasteiger partial charge in [0.2, 0.25) is 0 Å². The van der Waals surface area contributed by atoms with Crippen LogP contribution in [-0.2, 0) is 4.74 Å². The van der Waals surface area contributed by atoms with Crippen LogP contribution in [0.15, 0.2) is 65.9 Å². The molecular formula is C23H26I2N2OS2. The van der Waals surface area contributed by atoms with Crippen LogP contribution in [0.5, 0.6) is 0 Å². The Bertz CT molecular complexity index is 896. The molecule has 0 saturated carbocycles. The van der Waals surface area contributed by atoms with Crippen molar-refractivity contribution < 1.29 is 4.74 Å². The van der Waals surface area contributed by atoms with Crippen molar-refractivity contribution in [3.8, 4) is 0 Å². The Morgan fingerprint density at radius 2 is 1.70 bits per heavy atom. The van der Waals surface area contributed by atoms with Crippen molar-refractivity contribution in [3.63, 3.8) is 0 Å². The lowest BCUT2D eigenvalue weighted by molar-refractivity contribution is 0.129. The van der Waals surface area contributed by atoms with E-state index < -0.39 is 0 Å². The van der Waals surface area contributed by atoms with E-state index in [-0.39, 0.29) is 0 Å². The molecule has 30 heavy (non-hydrogen) atoms. The molecule has 0 bridgehead atoms. The van der Waals surface area contributed by atoms with E-state index in [1.165, 1.54) is 28.0 Å². The van der Waals surface area contributed by atoms with Gasteiger partial charge in [-0.15, -0.1) is 0 Å². The first-order valence-corrected chi connectivity index (χ1v) is 16.9. The zero-order valence-corrected chi connectivity index (χ0v) is 23.1. The molecule has 4 rings (SSSR count). The average molecular weight is 664 g/mol. The summed E-state index contributed by atoms with van der Waals surface area (Å²) in [5, 5.41) is 0. The number of ether oxygens (including phenoxy) is 1. The van der Waals surface area contributed by atoms with Crippen molar-refractivity contribution in [2.24, 2.45) is 0 Å². The predicted octanol–water partition coefficient (Wildman–Crippen LogP) is 7.84. The van der Waals surface area contributed by atoms with Crippen LogP contribution in [-0.4, -0.2) is 27.8 Å². The molecule has 3 nitrogen and oxygen atoms in total. The van der Waals surface area contributed by atoms with E-state index in [0.717, 1.165) is 26.0 Å². The van der Waals surface area contributed by atoms with E-state index in [9.17, 15) is 0 Å². The Morgan fingerprint density at radius 1 is 0.967 bits per heavy atom. The number of piperidine rings is 1. The summed E-state index contributed by atoms with van der Waals surface area (Å²) in [7, 11) is 3.68. The molecule has 2 aliphatic rings. The van der Waals surface area contributed by atoms with Crippen LogP contribution in [0.4, 0.5) is 0 Å². The predicted molar refractivity (Wildman–Crippen MR) is 147 cm³/mol. The third kappa shape index (κ3) is 4.71. The third-order valence-electron chi connectivity index (χ3n) is 6.09. The van der Waals surface area contributed by atoms with Gasteiger partial charge in [-0.1, -0.05) is 54.6 Å². The molecule has 0 N–H and O–H groups in total. The van der Waals surface area contributed by atoms with Crippen molar-refractivity contribution in [2.45, 2.75) is 44.8 Å². The Labute approximate surface area is 212 Å². The molecule has 1 saturated heterocycles. The van der Waals surface area contributed by atoms with Gasteiger partial charge in [-0.05, 0) is 55.2 Å². The molecule has 0 aliphatic carbocycles. The van der Waals surface area contributed by atoms with E-state index in [2.05, 4.69) is 119 Å². The summed E-state index contributed by atoms with van der Waals surface area (Å²) in [6, 6.07) is 20.9. The first-order chi connectivity index (χ1) is 14.7. The van der Waals surface area contributed by atoms with Gasteiger partial charge in [0.1, 0.15) is 0 Å². The molecule has 0 aromatic heterocycles. The molecule has 2 aliphatic heterocycles. The molecule has 1 unspecified atom stereocenters. The van der Waals surface area contributed by atoms with Crippen molar-refractivity contribution in [1.29, 1.82) is 0 Å². The highest BCUT2D eigenvalue weighted by atomic mass is 127. The quantitative estimate of drug-likeness (QED) is 0.230. The summed E-state index contributed by atoms with van der Waals surface area (Å²) in [6.45, 7) is 6.01. The maximum absolute atomic E-state index is 6.26. The fourth-order valence-corrected chi connectivity index (χ4v) is 8.65. The van der Waals surface area contributed by atoms with Crippen LogP contribution in [0.2, 0.25) is 0 Å². The monoisotopic (exact) mass is 664 g/mol. The van der Waals surface area contributed by atoms with Crippen LogP contribution in [0.25, 0.3) is 0 Å². The summed E-state index contributed by atoms with van der Waals surface area (Å²) in [6.07, 6.45) is 2.01. The van der Waals surface area contributed by atoms with Gasteiger partial charge in [0.15, 0.2) is 0 Å². The Hall–Kier alpha value is 0.0600. The number of benzene rings is 2. The molecule has 2 aromatic rings. The lowest BCUT2D eigenvalue weighted by Crippen LogP contribution is -2.47. The van der Waals surface area contributed by atoms with Crippen molar-refractivity contribution >= 4 is 60.6 Å². The van der Waals surface area contributed by atoms with E-state index in [1.807, 2.05) is 18.2 Å². The highest BCUT2D eigenvalue weighted by Crippen LogP contribution is 2.51. The molecular weight excluding hydrogens is 638 g/mol. The van der Waals surface area contributed by atoms with Gasteiger partial charge in [-0.2, -0.15) is 0 Å². The highest BCUT2D eigenvalue weighted by Gasteiger charge is 2.44. The summed E-state index contributed by atoms with van der Waals surface area (Å²) < 4.78 is 11.4. The largest absolute Gasteiger partial charge is 0.498 e. The number of aryl methyl sites for hydroxylation is 1. The van der Waals surface area contributed by atoms with Crippen LogP contribution < -0.4 is 0 Å². The smallest absolute Gasteiger partial charge is 0.1000 e. The lowest BCUT2D eigenvalue weighted by Gasteiger charge is -2.48. The molecule has 2 heterocycles. The van der Waals surface area contributed by atoms with Gasteiger partial charge in [0.05, 0.1) is 18.4 Å². The Morgan fingerprint density at radius 3 is 2.37 bits per heavy atom. The second-order valence-electron chi connectivity index (χ2n) is 7.71. The fourth-order valence-electron chi connectivity index (χ4n) is 4.68. The number of hydrogen-bond acceptors (Lipinski definition) is 5. The fraction of sp³-hybridized carbons (Fsp3) is 0.391. The molecule has 2 aromatic carbocycles. The molecule has 7 heteroatoms. The van der Waals surface area contributed by atoms with Gasteiger partial charge in [0, 0.05) is 73.0 Å². The zero-order chi connectivity index (χ0) is 21.1. The first kappa shape index (κ1) is 23.2. The number of rotatable bonds is 6. The number of nitrogens with zero attached hydrogens (tertiary/aromatic N) is 2. The average Bonchev–Trinajstić information content (AvgIpc) is 2.79. The van der Waals surface area contributed by atoms with Gasteiger partial charge in [0.25, 0.3) is 0 Å². The summed E-state index contributed by atoms with van der Waals surface area (Å²) in [5.74, 6) is 1.21. The SMILES string of the molecule is CCOC1=C2CN(SI)[C@H](c3ccccc3C)CC2N(SI)[C@H](c2ccccc2)C1. The van der Waals surface area contributed by atoms with Gasteiger partial charge < -0.3 is 4.74 Å².